The summed E-state index contributed by atoms with van der Waals surface area (Å²) in [5, 5.41) is 3.92. The first kappa shape index (κ1) is 12.6. The van der Waals surface area contributed by atoms with Crippen molar-refractivity contribution in [3.05, 3.63) is 0 Å². The van der Waals surface area contributed by atoms with Crippen LogP contribution in [-0.2, 0) is 0 Å². The van der Waals surface area contributed by atoms with Gasteiger partial charge >= 0.3 is 0 Å². The molecule has 4 fully saturated rings. The molecular formula is C17H30N2. The maximum Gasteiger partial charge on any atom is 0.0337 e. The van der Waals surface area contributed by atoms with Crippen LogP contribution in [0.2, 0.25) is 0 Å². The molecule has 0 spiro atoms. The second-order valence-electron chi connectivity index (χ2n) is 7.90. The van der Waals surface area contributed by atoms with Crippen molar-refractivity contribution in [1.82, 2.24) is 10.2 Å². The zero-order valence-electron chi connectivity index (χ0n) is 12.5. The Morgan fingerprint density at radius 3 is 2.32 bits per heavy atom. The van der Waals surface area contributed by atoms with E-state index in [1.165, 1.54) is 70.9 Å². The zero-order chi connectivity index (χ0) is 12.9. The van der Waals surface area contributed by atoms with Gasteiger partial charge in [-0.25, -0.2) is 0 Å². The normalized spacial score (nSPS) is 42.5. The highest BCUT2D eigenvalue weighted by Gasteiger charge is 2.51. The number of nitrogens with zero attached hydrogens (tertiary/aromatic N) is 1. The van der Waals surface area contributed by atoms with Crippen LogP contribution in [0.5, 0.6) is 0 Å². The molecule has 2 nitrogen and oxygen atoms in total. The van der Waals surface area contributed by atoms with Crippen molar-refractivity contribution < 1.29 is 0 Å². The van der Waals surface area contributed by atoms with Gasteiger partial charge in [0.15, 0.2) is 0 Å². The zero-order valence-corrected chi connectivity index (χ0v) is 12.5. The van der Waals surface area contributed by atoms with Crippen molar-refractivity contribution in [2.45, 2.75) is 82.3 Å². The third kappa shape index (κ3) is 2.35. The summed E-state index contributed by atoms with van der Waals surface area (Å²) >= 11 is 0. The molecule has 1 N–H and O–H groups in total. The maximum atomic E-state index is 3.92. The van der Waals surface area contributed by atoms with Gasteiger partial charge < -0.3 is 5.32 Å². The Bertz CT molecular complexity index is 328. The average Bonchev–Trinajstić information content (AvgIpc) is 3.31. The molecule has 4 rings (SSSR count). The lowest BCUT2D eigenvalue weighted by molar-refractivity contribution is -0.0173. The molecule has 0 bridgehead atoms. The number of rotatable bonds is 3. The van der Waals surface area contributed by atoms with Crippen LogP contribution in [0.1, 0.15) is 64.7 Å². The van der Waals surface area contributed by atoms with Gasteiger partial charge in [0, 0.05) is 30.7 Å². The second-order valence-corrected chi connectivity index (χ2v) is 7.90. The van der Waals surface area contributed by atoms with Gasteiger partial charge in [-0.3, -0.25) is 4.90 Å². The number of nitrogens with one attached hydrogen (secondary N) is 1. The Balaban J connectivity index is 1.52. The van der Waals surface area contributed by atoms with E-state index in [0.29, 0.717) is 5.54 Å². The van der Waals surface area contributed by atoms with Gasteiger partial charge in [-0.05, 0) is 57.3 Å². The molecule has 0 aromatic carbocycles. The topological polar surface area (TPSA) is 15.3 Å². The summed E-state index contributed by atoms with van der Waals surface area (Å²) in [7, 11) is 0. The fourth-order valence-corrected chi connectivity index (χ4v) is 4.78. The van der Waals surface area contributed by atoms with E-state index in [9.17, 15) is 0 Å². The molecule has 0 aromatic rings. The highest BCUT2D eigenvalue weighted by molar-refractivity contribution is 5.08. The van der Waals surface area contributed by atoms with Gasteiger partial charge in [0.2, 0.25) is 0 Å². The molecule has 19 heavy (non-hydrogen) atoms. The van der Waals surface area contributed by atoms with Crippen molar-refractivity contribution in [2.24, 2.45) is 11.8 Å². The summed E-state index contributed by atoms with van der Waals surface area (Å²) in [4.78, 5) is 2.99. The molecule has 1 heterocycles. The summed E-state index contributed by atoms with van der Waals surface area (Å²) in [6.07, 6.45) is 13.3. The van der Waals surface area contributed by atoms with Crippen LogP contribution in [-0.4, -0.2) is 35.6 Å². The minimum Gasteiger partial charge on any atom is -0.311 e. The van der Waals surface area contributed by atoms with E-state index < -0.39 is 0 Å². The average molecular weight is 262 g/mol. The maximum absolute atomic E-state index is 3.92. The van der Waals surface area contributed by atoms with E-state index in [1.807, 2.05) is 0 Å². The van der Waals surface area contributed by atoms with E-state index in [2.05, 4.69) is 17.1 Å². The third-order valence-electron chi connectivity index (χ3n) is 6.44. The Labute approximate surface area is 118 Å². The van der Waals surface area contributed by atoms with Crippen LogP contribution < -0.4 is 5.32 Å². The van der Waals surface area contributed by atoms with E-state index in [4.69, 9.17) is 0 Å². The summed E-state index contributed by atoms with van der Waals surface area (Å²) in [6.45, 7) is 5.17. The monoisotopic (exact) mass is 262 g/mol. The minimum atomic E-state index is 0.480. The van der Waals surface area contributed by atoms with Crippen LogP contribution >= 0.6 is 0 Å². The fraction of sp³-hybridized carbons (Fsp3) is 1.00. The molecule has 3 saturated carbocycles. The Morgan fingerprint density at radius 1 is 0.947 bits per heavy atom. The van der Waals surface area contributed by atoms with Crippen molar-refractivity contribution in [3.63, 3.8) is 0 Å². The van der Waals surface area contributed by atoms with Crippen LogP contribution in [0.25, 0.3) is 0 Å². The number of hydrogen-bond donors (Lipinski definition) is 1. The van der Waals surface area contributed by atoms with Crippen LogP contribution in [0.3, 0.4) is 0 Å². The molecule has 3 aliphatic carbocycles. The highest BCUT2D eigenvalue weighted by Crippen LogP contribution is 2.47. The molecule has 4 aliphatic rings. The molecule has 2 unspecified atom stereocenters. The van der Waals surface area contributed by atoms with Crippen molar-refractivity contribution in [2.75, 3.05) is 13.1 Å². The largest absolute Gasteiger partial charge is 0.311 e. The molecule has 0 amide bonds. The fourth-order valence-electron chi connectivity index (χ4n) is 4.78. The molecular weight excluding hydrogens is 232 g/mol. The Hall–Kier alpha value is -0.0800. The van der Waals surface area contributed by atoms with E-state index >= 15 is 0 Å². The van der Waals surface area contributed by atoms with Gasteiger partial charge in [0.1, 0.15) is 0 Å². The van der Waals surface area contributed by atoms with Crippen LogP contribution in [0.15, 0.2) is 0 Å². The van der Waals surface area contributed by atoms with Gasteiger partial charge in [-0.2, -0.15) is 0 Å². The van der Waals surface area contributed by atoms with E-state index in [1.54, 1.807) is 0 Å². The van der Waals surface area contributed by atoms with E-state index in [-0.39, 0.29) is 0 Å². The summed E-state index contributed by atoms with van der Waals surface area (Å²) in [5.74, 6) is 2.00. The molecule has 2 atom stereocenters. The molecule has 0 radical (unpaired) electrons. The first-order chi connectivity index (χ1) is 9.27. The standard InChI is InChI=1S/C17H30N2/c1-17(14-9-10-14)12-18-16(13-7-8-13)11-19(17)15-5-3-2-4-6-15/h13-16,18H,2-12H2,1H3. The second kappa shape index (κ2) is 4.73. The number of hydrogen-bond acceptors (Lipinski definition) is 2. The van der Waals surface area contributed by atoms with E-state index in [0.717, 1.165) is 23.9 Å². The molecule has 108 valence electrons. The minimum absolute atomic E-state index is 0.480. The first-order valence-electron chi connectivity index (χ1n) is 8.77. The Kier molecular flexibility index (Phi) is 3.15. The smallest absolute Gasteiger partial charge is 0.0337 e. The summed E-state index contributed by atoms with van der Waals surface area (Å²) in [5.41, 5.74) is 0.480. The molecule has 1 saturated heterocycles. The number of piperazine rings is 1. The molecule has 2 heteroatoms. The van der Waals surface area contributed by atoms with Gasteiger partial charge in [0.25, 0.3) is 0 Å². The quantitative estimate of drug-likeness (QED) is 0.840. The molecule has 1 aliphatic heterocycles. The van der Waals surface area contributed by atoms with Crippen LogP contribution in [0, 0.1) is 11.8 Å². The van der Waals surface area contributed by atoms with Gasteiger partial charge in [0.05, 0.1) is 0 Å². The van der Waals surface area contributed by atoms with Gasteiger partial charge in [-0.15, -0.1) is 0 Å². The predicted octanol–water partition coefficient (Wildman–Crippen LogP) is 3.17. The lowest BCUT2D eigenvalue weighted by Gasteiger charge is -2.53. The first-order valence-corrected chi connectivity index (χ1v) is 8.77. The van der Waals surface area contributed by atoms with Crippen molar-refractivity contribution in [3.8, 4) is 0 Å². The summed E-state index contributed by atoms with van der Waals surface area (Å²) < 4.78 is 0. The predicted molar refractivity (Wildman–Crippen MR) is 79.2 cm³/mol. The van der Waals surface area contributed by atoms with Crippen molar-refractivity contribution in [1.29, 1.82) is 0 Å². The SMILES string of the molecule is CC1(C2CC2)CNC(C2CC2)CN1C1CCCCC1. The third-order valence-corrected chi connectivity index (χ3v) is 6.44. The lowest BCUT2D eigenvalue weighted by atomic mass is 9.83. The van der Waals surface area contributed by atoms with Gasteiger partial charge in [-0.1, -0.05) is 19.3 Å². The highest BCUT2D eigenvalue weighted by atomic mass is 15.3. The molecule has 0 aromatic heterocycles. The van der Waals surface area contributed by atoms with Crippen LogP contribution in [0.4, 0.5) is 0 Å². The van der Waals surface area contributed by atoms with Crippen molar-refractivity contribution >= 4 is 0 Å². The summed E-state index contributed by atoms with van der Waals surface area (Å²) in [6, 6.07) is 1.72. The lowest BCUT2D eigenvalue weighted by Crippen LogP contribution is -2.67. The Morgan fingerprint density at radius 2 is 1.68 bits per heavy atom.